The zero-order chi connectivity index (χ0) is 47.3. The minimum atomic E-state index is -1.63. The number of carbonyl (C=O) groups is 6. The molecule has 0 aliphatic rings. The maximum Gasteiger partial charge on any atom is 0.253 e. The lowest BCUT2D eigenvalue weighted by Crippen LogP contribution is -2.46. The van der Waals surface area contributed by atoms with Crippen LogP contribution in [0.5, 0.6) is 0 Å². The van der Waals surface area contributed by atoms with Crippen LogP contribution in [0.2, 0.25) is 0 Å². The van der Waals surface area contributed by atoms with Crippen LogP contribution in [-0.2, 0) is 9.59 Å². The fourth-order valence-electron chi connectivity index (χ4n) is 5.35. The fourth-order valence-corrected chi connectivity index (χ4v) is 14.8. The van der Waals surface area contributed by atoms with Crippen LogP contribution >= 0.6 is 136 Å². The number of aliphatic hydroxyl groups is 9. The summed E-state index contributed by atoms with van der Waals surface area (Å²) in [5.74, 6) is -4.73. The van der Waals surface area contributed by atoms with Gasteiger partial charge in [0.1, 0.15) is 0 Å². The van der Waals surface area contributed by atoms with Crippen LogP contribution in [0, 0.1) is 21.4 Å². The summed E-state index contributed by atoms with van der Waals surface area (Å²) in [6, 6.07) is -2.22. The van der Waals surface area contributed by atoms with Gasteiger partial charge in [-0.1, -0.05) is 0 Å². The number of rotatable bonds is 22. The maximum atomic E-state index is 13.7. The summed E-state index contributed by atoms with van der Waals surface area (Å²) in [6.07, 6.45) is -4.31. The first-order valence-corrected chi connectivity index (χ1v) is 24.4. The predicted molar refractivity (Wildman–Crippen MR) is 273 cm³/mol. The molecule has 6 amide bonds. The summed E-state index contributed by atoms with van der Waals surface area (Å²) >= 11 is 10.6. The highest BCUT2D eigenvalue weighted by molar-refractivity contribution is 14.1. The highest BCUT2D eigenvalue weighted by Gasteiger charge is 2.36. The first-order valence-electron chi connectivity index (χ1n) is 17.9. The van der Waals surface area contributed by atoms with Crippen LogP contribution in [0.15, 0.2) is 0 Å². The second-order valence-corrected chi connectivity index (χ2v) is 19.6. The minimum Gasteiger partial charge on any atom is -0.394 e. The van der Waals surface area contributed by atoms with Gasteiger partial charge in [-0.05, 0) is 136 Å². The van der Waals surface area contributed by atoms with E-state index < -0.39 is 132 Å². The Morgan fingerprint density at radius 3 is 0.968 bits per heavy atom. The highest BCUT2D eigenvalue weighted by Crippen LogP contribution is 2.40. The molecule has 0 aliphatic heterocycles. The third kappa shape index (κ3) is 14.6. The molecule has 27 heteroatoms. The lowest BCUT2D eigenvalue weighted by molar-refractivity contribution is -0.117. The van der Waals surface area contributed by atoms with E-state index in [1.54, 1.807) is 136 Å². The van der Waals surface area contributed by atoms with Gasteiger partial charge in [-0.2, -0.15) is 0 Å². The van der Waals surface area contributed by atoms with E-state index in [0.29, 0.717) is 0 Å². The van der Waals surface area contributed by atoms with E-state index in [-0.39, 0.29) is 55.0 Å². The molecule has 346 valence electrons. The molecule has 0 aliphatic carbocycles. The van der Waals surface area contributed by atoms with Crippen molar-refractivity contribution in [3.8, 4) is 0 Å². The van der Waals surface area contributed by atoms with Gasteiger partial charge < -0.3 is 77.0 Å². The zero-order valence-electron chi connectivity index (χ0n) is 32.6. The fraction of sp³-hybridized carbons (Fsp3) is 0.486. The number of benzene rings is 2. The lowest BCUT2D eigenvalue weighted by Gasteiger charge is -2.32. The van der Waals surface area contributed by atoms with Crippen molar-refractivity contribution in [2.24, 2.45) is 0 Å². The minimum absolute atomic E-state index is 0.0289. The number of nitrogens with one attached hydrogen (secondary N) is 4. The monoisotopic (exact) mass is 1550 g/mol. The molecule has 2 unspecified atom stereocenters. The molecule has 0 saturated heterocycles. The molecule has 62 heavy (non-hydrogen) atoms. The number of carbonyl (C=O) groups excluding carboxylic acids is 6. The van der Waals surface area contributed by atoms with Gasteiger partial charge in [-0.3, -0.25) is 28.8 Å². The molecule has 2 atom stereocenters. The van der Waals surface area contributed by atoms with E-state index in [9.17, 15) is 74.7 Å². The number of hydrogen-bond donors (Lipinski definition) is 13. The molecule has 2 rings (SSSR count). The molecule has 21 nitrogen and oxygen atoms in total. The Balaban J connectivity index is 2.88. The molecule has 0 bridgehead atoms. The number of amides is 6. The summed E-state index contributed by atoms with van der Waals surface area (Å²) in [5.41, 5.74) is -0.629. The van der Waals surface area contributed by atoms with Crippen LogP contribution in [0.4, 0.5) is 11.4 Å². The molecule has 13 N–H and O–H groups in total. The Hall–Kier alpha value is -0.720. The van der Waals surface area contributed by atoms with E-state index in [4.69, 9.17) is 0 Å². The first kappa shape index (κ1) is 57.4. The van der Waals surface area contributed by atoms with Gasteiger partial charge in [0.15, 0.2) is 0 Å². The topological polar surface area (TPSA) is 339 Å². The van der Waals surface area contributed by atoms with Gasteiger partial charge in [0.05, 0.1) is 131 Å². The van der Waals surface area contributed by atoms with E-state index in [1.807, 2.05) is 0 Å². The number of nitrogens with zero attached hydrogens (tertiary/aromatic N) is 2. The number of anilines is 2. The van der Waals surface area contributed by atoms with Gasteiger partial charge >= 0.3 is 0 Å². The molecule has 0 fully saturated rings. The largest absolute Gasteiger partial charge is 0.394 e. The highest BCUT2D eigenvalue weighted by atomic mass is 127. The average molecular weight is 1550 g/mol. The zero-order valence-corrected chi connectivity index (χ0v) is 45.5. The number of halogens is 6. The lowest BCUT2D eigenvalue weighted by atomic mass is 10.0. The third-order valence-corrected chi connectivity index (χ3v) is 14.9. The molecule has 0 saturated carbocycles. The molecular formula is C35H44I6N6O15. The van der Waals surface area contributed by atoms with Crippen LogP contribution in [0.3, 0.4) is 0 Å². The first-order chi connectivity index (χ1) is 29.1. The maximum absolute atomic E-state index is 13.7. The summed E-state index contributed by atoms with van der Waals surface area (Å²) < 4.78 is 0.577. The van der Waals surface area contributed by atoms with Crippen molar-refractivity contribution >= 4 is 182 Å². The van der Waals surface area contributed by atoms with Crippen molar-refractivity contribution in [3.63, 3.8) is 0 Å². The molecule has 0 radical (unpaired) electrons. The van der Waals surface area contributed by atoms with Crippen molar-refractivity contribution in [2.75, 3.05) is 75.6 Å². The summed E-state index contributed by atoms with van der Waals surface area (Å²) in [4.78, 5) is 84.0. The van der Waals surface area contributed by atoms with Crippen molar-refractivity contribution in [1.82, 2.24) is 21.3 Å². The van der Waals surface area contributed by atoms with Gasteiger partial charge in [-0.25, -0.2) is 0 Å². The third-order valence-electron chi connectivity index (χ3n) is 8.55. The van der Waals surface area contributed by atoms with Crippen LogP contribution in [-0.4, -0.2) is 178 Å². The van der Waals surface area contributed by atoms with Gasteiger partial charge in [0.2, 0.25) is 11.8 Å². The van der Waals surface area contributed by atoms with Gasteiger partial charge in [0.25, 0.3) is 23.6 Å². The van der Waals surface area contributed by atoms with Crippen molar-refractivity contribution in [3.05, 3.63) is 43.7 Å². The van der Waals surface area contributed by atoms with E-state index >= 15 is 0 Å². The van der Waals surface area contributed by atoms with Crippen molar-refractivity contribution in [1.29, 1.82) is 0 Å². The van der Waals surface area contributed by atoms with E-state index in [2.05, 4.69) is 21.3 Å². The smallest absolute Gasteiger partial charge is 0.253 e. The normalized spacial score (nSPS) is 12.8. The average Bonchev–Trinajstić information content (AvgIpc) is 3.21. The van der Waals surface area contributed by atoms with Gasteiger partial charge in [0, 0.05) is 34.1 Å². The predicted octanol–water partition coefficient (Wildman–Crippen LogP) is -1.59. The second-order valence-electron chi connectivity index (χ2n) is 13.2. The van der Waals surface area contributed by atoms with Crippen molar-refractivity contribution in [2.45, 2.75) is 44.2 Å². The number of hydrogen-bond acceptors (Lipinski definition) is 15. The molecular weight excluding hydrogens is 1510 g/mol. The van der Waals surface area contributed by atoms with E-state index in [0.717, 1.165) is 23.6 Å². The SMILES string of the molecule is CC(=O)N(CC(O)CN(C(C)=O)c1c(I)c(C(=O)NCC(O)CO)c(I)c(C(=O)NC(CO)CO)c1I)c1c(I)c(C(=O)NCC(O)CO)c(I)c(C(=O)NC(CO)CO)c1I. The van der Waals surface area contributed by atoms with E-state index in [1.165, 1.54) is 0 Å². The van der Waals surface area contributed by atoms with Crippen LogP contribution in [0.25, 0.3) is 0 Å². The van der Waals surface area contributed by atoms with Crippen LogP contribution in [0.1, 0.15) is 55.3 Å². The molecule has 2 aromatic carbocycles. The molecule has 2 aromatic rings. The van der Waals surface area contributed by atoms with Crippen molar-refractivity contribution < 1.29 is 74.7 Å². The molecule has 0 spiro atoms. The standard InChI is InChI=1S/C35H44I6N6O15/c1-13(54)46(30-26(38)20(32(59)42-3-17(56)11-52)24(36)22(28(30)40)34(61)44-15(7-48)8-49)5-19(58)6-47(14(2)55)31-27(39)21(33(60)43-4-18(57)12-53)25(37)23(29(31)41)35(62)45-16(9-50)10-51/h15-19,48-53,56-58H,3-12H2,1-2H3,(H,42,59)(H,43,60)(H,44,61)(H,45,62). The number of aliphatic hydroxyl groups excluding tert-OH is 9. The Kier molecular flexibility index (Phi) is 25.2. The Morgan fingerprint density at radius 2 is 0.726 bits per heavy atom. The molecule has 0 aromatic heterocycles. The Bertz CT molecular complexity index is 1850. The summed E-state index contributed by atoms with van der Waals surface area (Å²) in [5, 5.41) is 98.7. The Labute approximate surface area is 436 Å². The summed E-state index contributed by atoms with van der Waals surface area (Å²) in [7, 11) is 0. The van der Waals surface area contributed by atoms with Crippen LogP contribution < -0.4 is 31.1 Å². The second kappa shape index (κ2) is 27.2. The Morgan fingerprint density at radius 1 is 0.452 bits per heavy atom. The van der Waals surface area contributed by atoms with Gasteiger partial charge in [-0.15, -0.1) is 0 Å². The summed E-state index contributed by atoms with van der Waals surface area (Å²) in [6.45, 7) is -3.61. The molecule has 0 heterocycles. The quantitative estimate of drug-likeness (QED) is 0.0592.